The summed E-state index contributed by atoms with van der Waals surface area (Å²) < 4.78 is 22.6. The number of rotatable bonds is 5. The van der Waals surface area contributed by atoms with Crippen molar-refractivity contribution in [2.24, 2.45) is 0 Å². The zero-order valence-electron chi connectivity index (χ0n) is 13.0. The van der Waals surface area contributed by atoms with E-state index in [4.69, 9.17) is 0 Å². The molecule has 0 fully saturated rings. The van der Waals surface area contributed by atoms with Crippen LogP contribution in [0.4, 0.5) is 0 Å². The minimum Gasteiger partial charge on any atom is -0.295 e. The molecule has 0 unspecified atom stereocenters. The van der Waals surface area contributed by atoms with Crippen molar-refractivity contribution in [1.29, 1.82) is 0 Å². The van der Waals surface area contributed by atoms with Gasteiger partial charge in [-0.3, -0.25) is 4.90 Å². The summed E-state index contributed by atoms with van der Waals surface area (Å²) in [6.07, 6.45) is 1.96. The third kappa shape index (κ3) is 2.94. The Hall–Kier alpha value is -1.65. The van der Waals surface area contributed by atoms with Crippen LogP contribution in [0.2, 0.25) is 0 Å². The van der Waals surface area contributed by atoms with Gasteiger partial charge in [0.25, 0.3) is 0 Å². The standard InChI is InChI=1S/C18H21NO2S/c1-19(12-7-13-22(2,20)21)18-16-10-5-3-8-14(16)15-9-4-6-11-17(15)18/h3-6,8-11,18H,7,12-13H2,1-2H3. The van der Waals surface area contributed by atoms with E-state index in [1.54, 1.807) is 0 Å². The molecule has 0 aliphatic heterocycles. The molecule has 1 aliphatic rings. The Bertz CT molecular complexity index is 738. The van der Waals surface area contributed by atoms with E-state index in [2.05, 4.69) is 60.5 Å². The number of sulfone groups is 1. The predicted molar refractivity (Wildman–Crippen MR) is 90.7 cm³/mol. The second kappa shape index (κ2) is 5.86. The normalized spacial score (nSPS) is 14.1. The first-order valence-electron chi connectivity index (χ1n) is 7.53. The van der Waals surface area contributed by atoms with Gasteiger partial charge in [-0.25, -0.2) is 8.42 Å². The fourth-order valence-corrected chi connectivity index (χ4v) is 3.96. The molecule has 3 rings (SSSR count). The summed E-state index contributed by atoms with van der Waals surface area (Å²) in [6.45, 7) is 0.764. The number of benzene rings is 2. The van der Waals surface area contributed by atoms with Gasteiger partial charge in [0.1, 0.15) is 9.84 Å². The zero-order valence-corrected chi connectivity index (χ0v) is 13.8. The van der Waals surface area contributed by atoms with Gasteiger partial charge in [-0.15, -0.1) is 0 Å². The molecule has 4 heteroatoms. The molecule has 0 N–H and O–H groups in total. The highest BCUT2D eigenvalue weighted by molar-refractivity contribution is 7.90. The summed E-state index contributed by atoms with van der Waals surface area (Å²) >= 11 is 0. The highest BCUT2D eigenvalue weighted by Gasteiger charge is 2.30. The third-order valence-corrected chi connectivity index (χ3v) is 5.30. The number of nitrogens with zero attached hydrogens (tertiary/aromatic N) is 1. The lowest BCUT2D eigenvalue weighted by Crippen LogP contribution is -2.26. The Kier molecular flexibility index (Phi) is 4.06. The van der Waals surface area contributed by atoms with Crippen molar-refractivity contribution in [1.82, 2.24) is 4.90 Å². The van der Waals surface area contributed by atoms with Gasteiger partial charge < -0.3 is 0 Å². The molecule has 0 heterocycles. The summed E-state index contributed by atoms with van der Waals surface area (Å²) in [5.74, 6) is 0.243. The van der Waals surface area contributed by atoms with E-state index in [-0.39, 0.29) is 11.8 Å². The molecular formula is C18H21NO2S. The topological polar surface area (TPSA) is 37.4 Å². The number of fused-ring (bicyclic) bond motifs is 3. The minimum atomic E-state index is -2.89. The van der Waals surface area contributed by atoms with Crippen molar-refractivity contribution in [3.8, 4) is 11.1 Å². The molecule has 0 spiro atoms. The number of hydrogen-bond acceptors (Lipinski definition) is 3. The fraction of sp³-hybridized carbons (Fsp3) is 0.333. The van der Waals surface area contributed by atoms with Crippen molar-refractivity contribution in [3.05, 3.63) is 59.7 Å². The lowest BCUT2D eigenvalue weighted by Gasteiger charge is -2.26. The Morgan fingerprint density at radius 1 is 0.955 bits per heavy atom. The quantitative estimate of drug-likeness (QED) is 0.851. The van der Waals surface area contributed by atoms with Crippen molar-refractivity contribution in [2.45, 2.75) is 12.5 Å². The van der Waals surface area contributed by atoms with Crippen LogP contribution in [0.15, 0.2) is 48.5 Å². The van der Waals surface area contributed by atoms with E-state index < -0.39 is 9.84 Å². The van der Waals surface area contributed by atoms with Gasteiger partial charge in [0.15, 0.2) is 0 Å². The lowest BCUT2D eigenvalue weighted by atomic mass is 10.0. The second-order valence-electron chi connectivity index (χ2n) is 6.04. The van der Waals surface area contributed by atoms with Crippen LogP contribution < -0.4 is 0 Å². The van der Waals surface area contributed by atoms with Crippen molar-refractivity contribution in [3.63, 3.8) is 0 Å². The van der Waals surface area contributed by atoms with E-state index in [9.17, 15) is 8.42 Å². The largest absolute Gasteiger partial charge is 0.295 e. The van der Waals surface area contributed by atoms with E-state index in [0.29, 0.717) is 6.42 Å². The maximum atomic E-state index is 11.3. The van der Waals surface area contributed by atoms with Crippen LogP contribution in [-0.2, 0) is 9.84 Å². The molecule has 0 saturated carbocycles. The minimum absolute atomic E-state index is 0.215. The van der Waals surface area contributed by atoms with E-state index >= 15 is 0 Å². The average Bonchev–Trinajstić information content (AvgIpc) is 2.80. The third-order valence-electron chi connectivity index (χ3n) is 4.27. The summed E-state index contributed by atoms with van der Waals surface area (Å²) in [5, 5.41) is 0. The fourth-order valence-electron chi connectivity index (χ4n) is 3.31. The molecular weight excluding hydrogens is 294 g/mol. The molecule has 22 heavy (non-hydrogen) atoms. The van der Waals surface area contributed by atoms with Crippen LogP contribution in [0.3, 0.4) is 0 Å². The Morgan fingerprint density at radius 3 is 1.95 bits per heavy atom. The smallest absolute Gasteiger partial charge is 0.147 e. The summed E-state index contributed by atoms with van der Waals surface area (Å²) in [7, 11) is -0.816. The monoisotopic (exact) mass is 315 g/mol. The van der Waals surface area contributed by atoms with Crippen LogP contribution in [0.1, 0.15) is 23.6 Å². The summed E-state index contributed by atoms with van der Waals surface area (Å²) in [5.41, 5.74) is 5.20. The van der Waals surface area contributed by atoms with Gasteiger partial charge in [-0.1, -0.05) is 48.5 Å². The van der Waals surface area contributed by atoms with Crippen molar-refractivity contribution < 1.29 is 8.42 Å². The molecule has 0 amide bonds. The van der Waals surface area contributed by atoms with Crippen molar-refractivity contribution in [2.75, 3.05) is 25.6 Å². The van der Waals surface area contributed by atoms with Crippen molar-refractivity contribution >= 4 is 9.84 Å². The molecule has 2 aromatic rings. The Labute approximate surface area is 132 Å². The van der Waals surface area contributed by atoms with Crippen LogP contribution >= 0.6 is 0 Å². The van der Waals surface area contributed by atoms with Gasteiger partial charge >= 0.3 is 0 Å². The van der Waals surface area contributed by atoms with Gasteiger partial charge in [0.2, 0.25) is 0 Å². The Morgan fingerprint density at radius 2 is 1.45 bits per heavy atom. The molecule has 0 aromatic heterocycles. The van der Waals surface area contributed by atoms with Crippen LogP contribution in [0, 0.1) is 0 Å². The highest BCUT2D eigenvalue weighted by atomic mass is 32.2. The van der Waals surface area contributed by atoms with Crippen LogP contribution in [0.25, 0.3) is 11.1 Å². The average molecular weight is 315 g/mol. The molecule has 0 radical (unpaired) electrons. The highest BCUT2D eigenvalue weighted by Crippen LogP contribution is 2.45. The second-order valence-corrected chi connectivity index (χ2v) is 8.30. The first-order valence-corrected chi connectivity index (χ1v) is 9.59. The molecule has 2 aromatic carbocycles. The molecule has 1 aliphatic carbocycles. The zero-order chi connectivity index (χ0) is 15.7. The molecule has 0 saturated heterocycles. The van der Waals surface area contributed by atoms with Crippen LogP contribution in [-0.4, -0.2) is 38.9 Å². The molecule has 3 nitrogen and oxygen atoms in total. The van der Waals surface area contributed by atoms with E-state index in [1.807, 2.05) is 0 Å². The molecule has 116 valence electrons. The predicted octanol–water partition coefficient (Wildman–Crippen LogP) is 3.12. The van der Waals surface area contributed by atoms with Gasteiger partial charge in [-0.2, -0.15) is 0 Å². The molecule has 0 bridgehead atoms. The lowest BCUT2D eigenvalue weighted by molar-refractivity contribution is 0.284. The van der Waals surface area contributed by atoms with E-state index in [1.165, 1.54) is 28.5 Å². The number of hydrogen-bond donors (Lipinski definition) is 0. The SMILES string of the molecule is CN(CCCS(C)(=O)=O)C1c2ccccc2-c2ccccc21. The Balaban J connectivity index is 1.87. The maximum Gasteiger partial charge on any atom is 0.147 e. The maximum absolute atomic E-state index is 11.3. The molecule has 0 atom stereocenters. The first kappa shape index (κ1) is 15.3. The van der Waals surface area contributed by atoms with Gasteiger partial charge in [-0.05, 0) is 42.3 Å². The van der Waals surface area contributed by atoms with Gasteiger partial charge in [0.05, 0.1) is 11.8 Å². The van der Waals surface area contributed by atoms with E-state index in [0.717, 1.165) is 6.54 Å². The summed E-state index contributed by atoms with van der Waals surface area (Å²) in [4.78, 5) is 2.26. The van der Waals surface area contributed by atoms with Gasteiger partial charge in [0, 0.05) is 6.26 Å². The summed E-state index contributed by atoms with van der Waals surface area (Å²) in [6, 6.07) is 17.2. The van der Waals surface area contributed by atoms with Crippen LogP contribution in [0.5, 0.6) is 0 Å². The first-order chi connectivity index (χ1) is 10.5.